The van der Waals surface area contributed by atoms with Crippen molar-refractivity contribution in [1.82, 2.24) is 0 Å². The first-order chi connectivity index (χ1) is 18.7. The maximum absolute atomic E-state index is 5.51. The van der Waals surface area contributed by atoms with Gasteiger partial charge in [-0.1, -0.05) is 36.4 Å². The zero-order chi connectivity index (χ0) is 26.4. The summed E-state index contributed by atoms with van der Waals surface area (Å²) >= 11 is 0. The molecular weight excluding hydrogens is 472 g/mol. The molecule has 0 heterocycles. The molecule has 0 atom stereocenters. The van der Waals surface area contributed by atoms with Gasteiger partial charge in [0.25, 0.3) is 0 Å². The number of nitrogens with two attached hydrogens (primary N) is 2. The molecule has 0 aliphatic heterocycles. The first-order valence-electron chi connectivity index (χ1n) is 12.5. The van der Waals surface area contributed by atoms with Crippen LogP contribution in [-0.2, 0) is 0 Å². The lowest BCUT2D eigenvalue weighted by Crippen LogP contribution is -2.12. The molecular formula is C30H32N8. The average Bonchev–Trinajstić information content (AvgIpc) is 2.98. The largest absolute Gasteiger partial charge is 0.384 e. The Bertz CT molecular complexity index is 1230. The topological polar surface area (TPSA) is 126 Å². The number of azo groups is 2. The number of hydrogen-bond donors (Lipinski definition) is 4. The van der Waals surface area contributed by atoms with E-state index in [9.17, 15) is 0 Å². The molecule has 0 aromatic heterocycles. The first kappa shape index (κ1) is 26.4. The van der Waals surface area contributed by atoms with Crippen LogP contribution >= 0.6 is 0 Å². The summed E-state index contributed by atoms with van der Waals surface area (Å²) in [5, 5.41) is 23.7. The number of benzene rings is 4. The van der Waals surface area contributed by atoms with Crippen LogP contribution in [0.2, 0.25) is 0 Å². The molecule has 4 rings (SSSR count). The third kappa shape index (κ3) is 8.48. The highest BCUT2D eigenvalue weighted by molar-refractivity contribution is 5.70. The van der Waals surface area contributed by atoms with E-state index in [0.29, 0.717) is 13.1 Å². The van der Waals surface area contributed by atoms with Crippen molar-refractivity contribution in [3.8, 4) is 0 Å². The third-order valence-electron chi connectivity index (χ3n) is 5.50. The van der Waals surface area contributed by atoms with Gasteiger partial charge in [0, 0.05) is 37.6 Å². The fraction of sp³-hybridized carbons (Fsp3) is 0.133. The highest BCUT2D eigenvalue weighted by Gasteiger charge is 1.96. The summed E-state index contributed by atoms with van der Waals surface area (Å²) in [5.74, 6) is 0. The van der Waals surface area contributed by atoms with E-state index >= 15 is 0 Å². The molecule has 0 bridgehead atoms. The van der Waals surface area contributed by atoms with Crippen molar-refractivity contribution in [2.75, 3.05) is 36.8 Å². The van der Waals surface area contributed by atoms with Gasteiger partial charge in [0.1, 0.15) is 0 Å². The minimum absolute atomic E-state index is 0.594. The number of rotatable bonds is 12. The van der Waals surface area contributed by atoms with E-state index in [1.54, 1.807) is 0 Å². The summed E-state index contributed by atoms with van der Waals surface area (Å²) < 4.78 is 0. The lowest BCUT2D eigenvalue weighted by molar-refractivity contribution is 1.02. The second-order valence-corrected chi connectivity index (χ2v) is 8.44. The number of nitrogens with one attached hydrogen (secondary N) is 2. The van der Waals surface area contributed by atoms with E-state index in [2.05, 4.69) is 43.2 Å². The predicted molar refractivity (Wildman–Crippen MR) is 158 cm³/mol. The summed E-state index contributed by atoms with van der Waals surface area (Å²) in [6.07, 6.45) is 4.12. The van der Waals surface area contributed by atoms with Crippen LogP contribution in [0.15, 0.2) is 118 Å². The Labute approximate surface area is 223 Å². The molecule has 8 heteroatoms. The minimum Gasteiger partial charge on any atom is -0.384 e. The van der Waals surface area contributed by atoms with E-state index < -0.39 is 0 Å². The molecule has 0 unspecified atom stereocenters. The van der Waals surface area contributed by atoms with Crippen LogP contribution in [0.4, 0.5) is 34.1 Å². The van der Waals surface area contributed by atoms with E-state index in [4.69, 9.17) is 11.5 Å². The van der Waals surface area contributed by atoms with Crippen molar-refractivity contribution in [2.45, 2.75) is 0 Å². The van der Waals surface area contributed by atoms with E-state index in [0.717, 1.165) is 58.3 Å². The normalized spacial score (nSPS) is 11.5. The van der Waals surface area contributed by atoms with Crippen LogP contribution < -0.4 is 22.1 Å². The number of anilines is 2. The van der Waals surface area contributed by atoms with Gasteiger partial charge in [0.05, 0.1) is 22.7 Å². The molecule has 0 saturated heterocycles. The molecule has 38 heavy (non-hydrogen) atoms. The fourth-order valence-electron chi connectivity index (χ4n) is 3.45. The molecule has 0 spiro atoms. The van der Waals surface area contributed by atoms with Crippen LogP contribution in [-0.4, -0.2) is 26.2 Å². The van der Waals surface area contributed by atoms with Gasteiger partial charge in [-0.2, -0.15) is 20.5 Å². The fourth-order valence-corrected chi connectivity index (χ4v) is 3.45. The standard InChI is InChI=1S/C30H32N8/c31-19-21-33-25-11-15-29(16-12-25)37-35-27-7-3-23(4-8-27)1-2-24-5-9-28(10-6-24)36-38-30-17-13-26(14-18-30)34-22-20-32/h1-18,33-34H,19-22,31-32H2/b2-1+,37-35?,38-36?. The molecule has 4 aromatic rings. The van der Waals surface area contributed by atoms with Gasteiger partial charge in [-0.05, 0) is 83.9 Å². The molecule has 0 aliphatic rings. The number of nitrogens with zero attached hydrogens (tertiary/aromatic N) is 4. The quantitative estimate of drug-likeness (QED) is 0.118. The van der Waals surface area contributed by atoms with Gasteiger partial charge in [0.15, 0.2) is 0 Å². The zero-order valence-electron chi connectivity index (χ0n) is 21.2. The van der Waals surface area contributed by atoms with Crippen LogP contribution in [0.25, 0.3) is 12.2 Å². The molecule has 0 radical (unpaired) electrons. The van der Waals surface area contributed by atoms with Crippen molar-refractivity contribution < 1.29 is 0 Å². The van der Waals surface area contributed by atoms with E-state index in [1.807, 2.05) is 97.1 Å². The van der Waals surface area contributed by atoms with Gasteiger partial charge in [0.2, 0.25) is 0 Å². The monoisotopic (exact) mass is 504 g/mol. The zero-order valence-corrected chi connectivity index (χ0v) is 21.2. The van der Waals surface area contributed by atoms with Crippen LogP contribution in [0.5, 0.6) is 0 Å². The summed E-state index contributed by atoms with van der Waals surface area (Å²) in [5.41, 5.74) is 18.4. The highest BCUT2D eigenvalue weighted by Crippen LogP contribution is 2.23. The van der Waals surface area contributed by atoms with Crippen molar-refractivity contribution in [3.05, 3.63) is 108 Å². The molecule has 0 saturated carbocycles. The van der Waals surface area contributed by atoms with Gasteiger partial charge >= 0.3 is 0 Å². The summed E-state index contributed by atoms with van der Waals surface area (Å²) in [6.45, 7) is 2.67. The molecule has 0 fully saturated rings. The Morgan fingerprint density at radius 2 is 0.737 bits per heavy atom. The lowest BCUT2D eigenvalue weighted by Gasteiger charge is -2.03. The Morgan fingerprint density at radius 1 is 0.447 bits per heavy atom. The van der Waals surface area contributed by atoms with Crippen molar-refractivity contribution >= 4 is 46.3 Å². The Hall–Kier alpha value is -4.66. The Kier molecular flexibility index (Phi) is 9.85. The molecule has 4 aromatic carbocycles. The molecule has 0 aliphatic carbocycles. The van der Waals surface area contributed by atoms with Crippen LogP contribution in [0, 0.1) is 0 Å². The number of hydrogen-bond acceptors (Lipinski definition) is 8. The maximum atomic E-state index is 5.51. The predicted octanol–water partition coefficient (Wildman–Crippen LogP) is 7.43. The lowest BCUT2D eigenvalue weighted by atomic mass is 10.1. The average molecular weight is 505 g/mol. The van der Waals surface area contributed by atoms with Crippen LogP contribution in [0.1, 0.15) is 11.1 Å². The van der Waals surface area contributed by atoms with Gasteiger partial charge in [-0.15, -0.1) is 0 Å². The molecule has 0 amide bonds. The Balaban J connectivity index is 1.28. The van der Waals surface area contributed by atoms with E-state index in [1.165, 1.54) is 0 Å². The van der Waals surface area contributed by atoms with Crippen molar-refractivity contribution in [1.29, 1.82) is 0 Å². The minimum atomic E-state index is 0.594. The maximum Gasteiger partial charge on any atom is 0.0858 e. The molecule has 6 N–H and O–H groups in total. The summed E-state index contributed by atoms with van der Waals surface area (Å²) in [4.78, 5) is 0. The molecule has 8 nitrogen and oxygen atoms in total. The van der Waals surface area contributed by atoms with Crippen LogP contribution in [0.3, 0.4) is 0 Å². The third-order valence-corrected chi connectivity index (χ3v) is 5.50. The van der Waals surface area contributed by atoms with Gasteiger partial charge in [-0.25, -0.2) is 0 Å². The smallest absolute Gasteiger partial charge is 0.0858 e. The summed E-state index contributed by atoms with van der Waals surface area (Å²) in [7, 11) is 0. The van der Waals surface area contributed by atoms with Crippen molar-refractivity contribution in [2.24, 2.45) is 31.9 Å². The van der Waals surface area contributed by atoms with E-state index in [-0.39, 0.29) is 0 Å². The van der Waals surface area contributed by atoms with Crippen molar-refractivity contribution in [3.63, 3.8) is 0 Å². The summed E-state index contributed by atoms with van der Waals surface area (Å²) in [6, 6.07) is 31.4. The Morgan fingerprint density at radius 3 is 1.03 bits per heavy atom. The second kappa shape index (κ2) is 14.2. The second-order valence-electron chi connectivity index (χ2n) is 8.44. The van der Waals surface area contributed by atoms with Gasteiger partial charge < -0.3 is 22.1 Å². The van der Waals surface area contributed by atoms with Gasteiger partial charge in [-0.3, -0.25) is 0 Å². The molecule has 192 valence electrons. The highest BCUT2D eigenvalue weighted by atomic mass is 15.1. The first-order valence-corrected chi connectivity index (χ1v) is 12.5. The SMILES string of the molecule is NCCNc1ccc(N=Nc2ccc(/C=C/c3ccc(N=Nc4ccc(NCCN)cc4)cc3)cc2)cc1.